The maximum atomic E-state index is 12.0. The lowest BCUT2D eigenvalue weighted by Gasteiger charge is -2.03. The van der Waals surface area contributed by atoms with Crippen molar-refractivity contribution in [2.75, 3.05) is 11.9 Å². The molecule has 0 saturated carbocycles. The van der Waals surface area contributed by atoms with Crippen LogP contribution in [0, 0.1) is 6.92 Å². The molecule has 0 aliphatic rings. The maximum absolute atomic E-state index is 12.0. The molecule has 1 amide bonds. The summed E-state index contributed by atoms with van der Waals surface area (Å²) in [6.45, 7) is 2.04. The number of hydrogen-bond donors (Lipinski definition) is 2. The second-order valence-corrected chi connectivity index (χ2v) is 9.70. The molecule has 0 bridgehead atoms. The molecule has 3 rings (SSSR count). The highest BCUT2D eigenvalue weighted by molar-refractivity contribution is 7.92. The normalized spacial score (nSPS) is 11.8. The molecule has 0 aliphatic heterocycles. The summed E-state index contributed by atoms with van der Waals surface area (Å²) < 4.78 is 26.3. The highest BCUT2D eigenvalue weighted by Gasteiger charge is 2.11. The van der Waals surface area contributed by atoms with Crippen molar-refractivity contribution in [1.82, 2.24) is 9.71 Å². The lowest BCUT2D eigenvalue weighted by atomic mass is 10.2. The van der Waals surface area contributed by atoms with Gasteiger partial charge in [-0.3, -0.25) is 4.79 Å². The zero-order chi connectivity index (χ0) is 20.0. The van der Waals surface area contributed by atoms with Crippen molar-refractivity contribution in [3.8, 4) is 10.6 Å². The third-order valence-electron chi connectivity index (χ3n) is 3.64. The molecule has 0 aliphatic carbocycles. The van der Waals surface area contributed by atoms with E-state index < -0.39 is 10.0 Å². The Hall–Kier alpha value is -2.33. The quantitative estimate of drug-likeness (QED) is 0.560. The van der Waals surface area contributed by atoms with Gasteiger partial charge in [-0.25, -0.2) is 18.1 Å². The van der Waals surface area contributed by atoms with Crippen molar-refractivity contribution in [1.29, 1.82) is 0 Å². The zero-order valence-corrected chi connectivity index (χ0v) is 17.5. The van der Waals surface area contributed by atoms with E-state index in [9.17, 15) is 13.2 Å². The van der Waals surface area contributed by atoms with Gasteiger partial charge in [0, 0.05) is 28.6 Å². The van der Waals surface area contributed by atoms with Gasteiger partial charge in [0.15, 0.2) is 5.13 Å². The van der Waals surface area contributed by atoms with E-state index in [1.54, 1.807) is 23.5 Å². The van der Waals surface area contributed by atoms with Crippen molar-refractivity contribution < 1.29 is 13.2 Å². The minimum absolute atomic E-state index is 0.00957. The summed E-state index contributed by atoms with van der Waals surface area (Å²) in [5.74, 6) is -0.294. The van der Waals surface area contributed by atoms with Crippen LogP contribution in [0.2, 0.25) is 0 Å². The molecule has 3 aromatic rings. The number of nitrogens with zero attached hydrogens (tertiary/aromatic N) is 1. The Labute approximate surface area is 172 Å². The number of anilines is 1. The molecule has 0 spiro atoms. The largest absolute Gasteiger partial charge is 0.302 e. The van der Waals surface area contributed by atoms with Crippen LogP contribution < -0.4 is 10.0 Å². The third kappa shape index (κ3) is 6.10. The molecule has 146 valence electrons. The van der Waals surface area contributed by atoms with Crippen molar-refractivity contribution in [2.24, 2.45) is 0 Å². The summed E-state index contributed by atoms with van der Waals surface area (Å²) in [4.78, 5) is 18.7. The van der Waals surface area contributed by atoms with Gasteiger partial charge in [0.1, 0.15) is 0 Å². The molecule has 6 nitrogen and oxygen atoms in total. The second kappa shape index (κ2) is 9.24. The molecule has 2 N–H and O–H groups in total. The molecule has 0 fully saturated rings. The SMILES string of the molecule is Cc1ccc(-c2csc(NC(=O)CCNS(=O)(=O)/C=C/c3ccccc3)n2)s1. The Bertz CT molecular complexity index is 1070. The van der Waals surface area contributed by atoms with Gasteiger partial charge in [0.2, 0.25) is 15.9 Å². The van der Waals surface area contributed by atoms with E-state index in [4.69, 9.17) is 0 Å². The van der Waals surface area contributed by atoms with Crippen LogP contribution in [-0.4, -0.2) is 25.9 Å². The van der Waals surface area contributed by atoms with Crippen molar-refractivity contribution >= 4 is 49.8 Å². The number of carbonyl (C=O) groups is 1. The first kappa shape index (κ1) is 20.4. The summed E-state index contributed by atoms with van der Waals surface area (Å²) in [5.41, 5.74) is 1.61. The first-order valence-corrected chi connectivity index (χ1v) is 11.7. The summed E-state index contributed by atoms with van der Waals surface area (Å²) in [7, 11) is -3.60. The number of benzene rings is 1. The topological polar surface area (TPSA) is 88.2 Å². The molecular formula is C19H19N3O3S3. The first-order valence-electron chi connectivity index (χ1n) is 8.46. The number of carbonyl (C=O) groups excluding carboxylic acids is 1. The minimum Gasteiger partial charge on any atom is -0.302 e. The Morgan fingerprint density at radius 3 is 2.68 bits per heavy atom. The number of thiophene rings is 1. The smallest absolute Gasteiger partial charge is 0.233 e. The van der Waals surface area contributed by atoms with Gasteiger partial charge in [-0.2, -0.15) is 0 Å². The molecular weight excluding hydrogens is 414 g/mol. The van der Waals surface area contributed by atoms with Gasteiger partial charge >= 0.3 is 0 Å². The summed E-state index contributed by atoms with van der Waals surface area (Å²) >= 11 is 2.98. The van der Waals surface area contributed by atoms with Crippen LogP contribution >= 0.6 is 22.7 Å². The van der Waals surface area contributed by atoms with Crippen LogP contribution in [0.15, 0.2) is 53.3 Å². The van der Waals surface area contributed by atoms with E-state index in [0.29, 0.717) is 5.13 Å². The summed E-state index contributed by atoms with van der Waals surface area (Å²) in [6, 6.07) is 13.1. The van der Waals surface area contributed by atoms with E-state index >= 15 is 0 Å². The van der Waals surface area contributed by atoms with E-state index in [1.807, 2.05) is 42.6 Å². The highest BCUT2D eigenvalue weighted by Crippen LogP contribution is 2.30. The Balaban J connectivity index is 1.47. The number of nitrogens with one attached hydrogen (secondary N) is 2. The van der Waals surface area contributed by atoms with E-state index in [1.165, 1.54) is 22.3 Å². The lowest BCUT2D eigenvalue weighted by molar-refractivity contribution is -0.116. The predicted octanol–water partition coefficient (Wildman–Crippen LogP) is 4.10. The highest BCUT2D eigenvalue weighted by atomic mass is 32.2. The van der Waals surface area contributed by atoms with Crippen LogP contribution in [0.25, 0.3) is 16.6 Å². The fraction of sp³-hybridized carbons (Fsp3) is 0.158. The molecule has 0 saturated heterocycles. The zero-order valence-electron chi connectivity index (χ0n) is 15.1. The van der Waals surface area contributed by atoms with E-state index in [0.717, 1.165) is 21.5 Å². The molecule has 2 heterocycles. The Kier molecular flexibility index (Phi) is 6.74. The van der Waals surface area contributed by atoms with Crippen molar-refractivity contribution in [3.05, 3.63) is 63.7 Å². The standard InChI is InChI=1S/C19H19N3O3S3/c1-14-7-8-17(27-14)16-13-26-19(21-16)22-18(23)9-11-20-28(24,25)12-10-15-5-3-2-4-6-15/h2-8,10,12-13,20H,9,11H2,1H3,(H,21,22,23)/b12-10+. The number of hydrogen-bond acceptors (Lipinski definition) is 6. The van der Waals surface area contributed by atoms with Crippen LogP contribution in [0.1, 0.15) is 16.9 Å². The number of aryl methyl sites for hydroxylation is 1. The average molecular weight is 434 g/mol. The van der Waals surface area contributed by atoms with Crippen molar-refractivity contribution in [2.45, 2.75) is 13.3 Å². The van der Waals surface area contributed by atoms with Gasteiger partial charge in [-0.1, -0.05) is 30.3 Å². The second-order valence-electron chi connectivity index (χ2n) is 5.90. The van der Waals surface area contributed by atoms with E-state index in [-0.39, 0.29) is 18.9 Å². The first-order chi connectivity index (χ1) is 13.4. The minimum atomic E-state index is -3.60. The molecule has 1 aromatic carbocycles. The molecule has 0 unspecified atom stereocenters. The molecule has 2 aromatic heterocycles. The average Bonchev–Trinajstić information content (AvgIpc) is 3.30. The fourth-order valence-electron chi connectivity index (χ4n) is 2.29. The number of sulfonamides is 1. The predicted molar refractivity (Wildman–Crippen MR) is 116 cm³/mol. The van der Waals surface area contributed by atoms with Gasteiger partial charge in [0.25, 0.3) is 0 Å². The van der Waals surface area contributed by atoms with Gasteiger partial charge in [0.05, 0.1) is 10.6 Å². The lowest BCUT2D eigenvalue weighted by Crippen LogP contribution is -2.26. The Morgan fingerprint density at radius 2 is 1.96 bits per heavy atom. The van der Waals surface area contributed by atoms with Gasteiger partial charge < -0.3 is 5.32 Å². The number of aromatic nitrogens is 1. The Morgan fingerprint density at radius 1 is 1.18 bits per heavy atom. The number of thiazole rings is 1. The van der Waals surface area contributed by atoms with Crippen LogP contribution in [0.3, 0.4) is 0 Å². The molecule has 0 atom stereocenters. The van der Waals surface area contributed by atoms with Crippen LogP contribution in [-0.2, 0) is 14.8 Å². The monoisotopic (exact) mass is 433 g/mol. The maximum Gasteiger partial charge on any atom is 0.233 e. The van der Waals surface area contributed by atoms with Crippen molar-refractivity contribution in [3.63, 3.8) is 0 Å². The number of amides is 1. The molecule has 28 heavy (non-hydrogen) atoms. The van der Waals surface area contributed by atoms with Crippen LogP contribution in [0.4, 0.5) is 5.13 Å². The van der Waals surface area contributed by atoms with Crippen LogP contribution in [0.5, 0.6) is 0 Å². The fourth-order valence-corrected chi connectivity index (χ4v) is 4.73. The van der Waals surface area contributed by atoms with Gasteiger partial charge in [-0.05, 0) is 30.7 Å². The van der Waals surface area contributed by atoms with E-state index in [2.05, 4.69) is 15.0 Å². The molecule has 0 radical (unpaired) electrons. The summed E-state index contributed by atoms with van der Waals surface area (Å²) in [6.07, 6.45) is 1.53. The molecule has 9 heteroatoms. The third-order valence-corrected chi connectivity index (χ3v) is 6.52. The van der Waals surface area contributed by atoms with Gasteiger partial charge in [-0.15, -0.1) is 22.7 Å². The number of rotatable bonds is 8. The summed E-state index contributed by atoms with van der Waals surface area (Å²) in [5, 5.41) is 6.18.